The average Bonchev–Trinajstić information content (AvgIpc) is 3.24. The lowest BCUT2D eigenvalue weighted by atomic mass is 9.98. The van der Waals surface area contributed by atoms with Crippen LogP contribution in [0.5, 0.6) is 0 Å². The van der Waals surface area contributed by atoms with Crippen molar-refractivity contribution in [2.24, 2.45) is 0 Å². The molecule has 4 rings (SSSR count). The molecular formula is C19H24N6O. The van der Waals surface area contributed by atoms with Gasteiger partial charge in [0.15, 0.2) is 5.82 Å². The van der Waals surface area contributed by atoms with E-state index in [0.717, 1.165) is 53.7 Å². The molecule has 0 aliphatic carbocycles. The van der Waals surface area contributed by atoms with E-state index in [4.69, 9.17) is 9.51 Å². The zero-order chi connectivity index (χ0) is 18.1. The zero-order valence-corrected chi connectivity index (χ0v) is 15.5. The summed E-state index contributed by atoms with van der Waals surface area (Å²) in [5.41, 5.74) is 3.77. The standard InChI is InChI=1S/C19H24N6O/c1-12-10-15(23-19(22-12)18-13(2)24-26-14(18)3)16-6-4-5-9-25(16)11-17-20-7-8-21-17/h7-8,10,16H,4-6,9,11H2,1-3H3,(H,20,21). The predicted octanol–water partition coefficient (Wildman–Crippen LogP) is 3.51. The molecule has 0 bridgehead atoms. The van der Waals surface area contributed by atoms with Gasteiger partial charge in [-0.15, -0.1) is 0 Å². The molecule has 1 unspecified atom stereocenters. The van der Waals surface area contributed by atoms with Crippen molar-refractivity contribution in [2.45, 2.75) is 52.6 Å². The maximum atomic E-state index is 5.31. The van der Waals surface area contributed by atoms with Crippen molar-refractivity contribution < 1.29 is 4.52 Å². The summed E-state index contributed by atoms with van der Waals surface area (Å²) in [5, 5.41) is 4.05. The van der Waals surface area contributed by atoms with Gasteiger partial charge in [0.25, 0.3) is 0 Å². The van der Waals surface area contributed by atoms with Gasteiger partial charge in [0.1, 0.15) is 11.6 Å². The van der Waals surface area contributed by atoms with Crippen LogP contribution in [0.15, 0.2) is 23.0 Å². The van der Waals surface area contributed by atoms with Gasteiger partial charge >= 0.3 is 0 Å². The molecule has 136 valence electrons. The summed E-state index contributed by atoms with van der Waals surface area (Å²) in [6.45, 7) is 7.72. The van der Waals surface area contributed by atoms with Gasteiger partial charge in [-0.25, -0.2) is 15.0 Å². The Balaban J connectivity index is 1.69. The number of rotatable bonds is 4. The Morgan fingerprint density at radius 1 is 1.23 bits per heavy atom. The molecule has 4 heterocycles. The van der Waals surface area contributed by atoms with Crippen LogP contribution in [0.3, 0.4) is 0 Å². The summed E-state index contributed by atoms with van der Waals surface area (Å²) in [7, 11) is 0. The molecule has 7 nitrogen and oxygen atoms in total. The van der Waals surface area contributed by atoms with Crippen molar-refractivity contribution in [3.8, 4) is 11.4 Å². The number of aromatic amines is 1. The fourth-order valence-electron chi connectivity index (χ4n) is 3.77. The third kappa shape index (κ3) is 3.26. The highest BCUT2D eigenvalue weighted by Gasteiger charge is 2.27. The highest BCUT2D eigenvalue weighted by molar-refractivity contribution is 5.60. The fourth-order valence-corrected chi connectivity index (χ4v) is 3.77. The normalized spacial score (nSPS) is 18.3. The number of H-pyrrole nitrogens is 1. The molecule has 1 saturated heterocycles. The van der Waals surface area contributed by atoms with Crippen molar-refractivity contribution in [3.63, 3.8) is 0 Å². The number of likely N-dealkylation sites (tertiary alicyclic amines) is 1. The van der Waals surface area contributed by atoms with Crippen molar-refractivity contribution in [3.05, 3.63) is 47.1 Å². The molecule has 0 spiro atoms. The molecule has 0 aromatic carbocycles. The molecule has 3 aromatic heterocycles. The lowest BCUT2D eigenvalue weighted by molar-refractivity contribution is 0.134. The van der Waals surface area contributed by atoms with Gasteiger partial charge in [-0.05, 0) is 46.2 Å². The Morgan fingerprint density at radius 3 is 2.85 bits per heavy atom. The molecule has 7 heteroatoms. The first-order valence-electron chi connectivity index (χ1n) is 9.13. The molecule has 0 saturated carbocycles. The minimum Gasteiger partial charge on any atom is -0.361 e. The lowest BCUT2D eigenvalue weighted by Gasteiger charge is -2.35. The van der Waals surface area contributed by atoms with E-state index in [9.17, 15) is 0 Å². The van der Waals surface area contributed by atoms with Gasteiger partial charge in [-0.1, -0.05) is 11.6 Å². The second-order valence-corrected chi connectivity index (χ2v) is 6.97. The first-order chi connectivity index (χ1) is 12.6. The van der Waals surface area contributed by atoms with Crippen LogP contribution in [-0.2, 0) is 6.54 Å². The second kappa shape index (κ2) is 6.99. The van der Waals surface area contributed by atoms with Crippen LogP contribution >= 0.6 is 0 Å². The van der Waals surface area contributed by atoms with Crippen molar-refractivity contribution in [1.82, 2.24) is 30.0 Å². The Kier molecular flexibility index (Phi) is 4.55. The SMILES string of the molecule is Cc1cc(C2CCCCN2Cc2ncc[nH]2)nc(-c2c(C)noc2C)n1. The van der Waals surface area contributed by atoms with Crippen molar-refractivity contribution in [1.29, 1.82) is 0 Å². The molecule has 0 radical (unpaired) electrons. The Morgan fingerprint density at radius 2 is 2.12 bits per heavy atom. The molecule has 1 fully saturated rings. The molecule has 26 heavy (non-hydrogen) atoms. The molecule has 1 atom stereocenters. The van der Waals surface area contributed by atoms with Crippen molar-refractivity contribution >= 4 is 0 Å². The van der Waals surface area contributed by atoms with Crippen LogP contribution in [0, 0.1) is 20.8 Å². The highest BCUT2D eigenvalue weighted by Crippen LogP contribution is 2.33. The molecule has 0 amide bonds. The monoisotopic (exact) mass is 352 g/mol. The van der Waals surface area contributed by atoms with Crippen LogP contribution in [-0.4, -0.2) is 36.5 Å². The zero-order valence-electron chi connectivity index (χ0n) is 15.5. The second-order valence-electron chi connectivity index (χ2n) is 6.97. The summed E-state index contributed by atoms with van der Waals surface area (Å²) in [4.78, 5) is 19.6. The molecule has 3 aromatic rings. The summed E-state index contributed by atoms with van der Waals surface area (Å²) in [5.74, 6) is 2.46. The van der Waals surface area contributed by atoms with Crippen molar-refractivity contribution in [2.75, 3.05) is 6.54 Å². The third-order valence-electron chi connectivity index (χ3n) is 4.99. The van der Waals surface area contributed by atoms with E-state index in [1.807, 2.05) is 27.0 Å². The number of aryl methyl sites for hydroxylation is 3. The Labute approximate surface area is 152 Å². The van der Waals surface area contributed by atoms with Crippen LogP contribution in [0.2, 0.25) is 0 Å². The van der Waals surface area contributed by atoms with E-state index >= 15 is 0 Å². The number of hydrogen-bond acceptors (Lipinski definition) is 6. The van der Waals surface area contributed by atoms with E-state index in [1.165, 1.54) is 12.8 Å². The molecule has 1 N–H and O–H groups in total. The summed E-state index contributed by atoms with van der Waals surface area (Å²) in [6.07, 6.45) is 7.19. The lowest BCUT2D eigenvalue weighted by Crippen LogP contribution is -2.34. The van der Waals surface area contributed by atoms with Gasteiger partial charge in [-0.3, -0.25) is 4.90 Å². The first-order valence-corrected chi connectivity index (χ1v) is 9.13. The number of aromatic nitrogens is 5. The Bertz CT molecular complexity index is 866. The van der Waals surface area contributed by atoms with E-state index in [-0.39, 0.29) is 6.04 Å². The summed E-state index contributed by atoms with van der Waals surface area (Å²) in [6, 6.07) is 2.38. The quantitative estimate of drug-likeness (QED) is 0.773. The van der Waals surface area contributed by atoms with Crippen LogP contribution < -0.4 is 0 Å². The van der Waals surface area contributed by atoms with Gasteiger partial charge in [0.05, 0.1) is 29.5 Å². The topological polar surface area (TPSA) is 83.7 Å². The minimum absolute atomic E-state index is 0.273. The summed E-state index contributed by atoms with van der Waals surface area (Å²) >= 11 is 0. The number of hydrogen-bond donors (Lipinski definition) is 1. The number of piperidine rings is 1. The first kappa shape index (κ1) is 16.9. The minimum atomic E-state index is 0.273. The predicted molar refractivity (Wildman–Crippen MR) is 97.3 cm³/mol. The largest absolute Gasteiger partial charge is 0.361 e. The maximum absolute atomic E-state index is 5.31. The number of nitrogens with zero attached hydrogens (tertiary/aromatic N) is 5. The third-order valence-corrected chi connectivity index (χ3v) is 4.99. The Hall–Kier alpha value is -2.54. The van der Waals surface area contributed by atoms with Crippen LogP contribution in [0.4, 0.5) is 0 Å². The maximum Gasteiger partial charge on any atom is 0.165 e. The highest BCUT2D eigenvalue weighted by atomic mass is 16.5. The van der Waals surface area contributed by atoms with Gasteiger partial charge < -0.3 is 9.51 Å². The van der Waals surface area contributed by atoms with E-state index in [0.29, 0.717) is 5.82 Å². The molecule has 1 aliphatic rings. The average molecular weight is 352 g/mol. The number of imidazole rings is 1. The van der Waals surface area contributed by atoms with E-state index in [1.54, 1.807) is 6.20 Å². The fraction of sp³-hybridized carbons (Fsp3) is 0.474. The summed E-state index contributed by atoms with van der Waals surface area (Å²) < 4.78 is 5.31. The number of nitrogens with one attached hydrogen (secondary N) is 1. The van der Waals surface area contributed by atoms with Crippen LogP contribution in [0.25, 0.3) is 11.4 Å². The molecule has 1 aliphatic heterocycles. The van der Waals surface area contributed by atoms with Gasteiger partial charge in [0, 0.05) is 18.1 Å². The molecular weight excluding hydrogens is 328 g/mol. The van der Waals surface area contributed by atoms with E-state index in [2.05, 4.69) is 31.1 Å². The van der Waals surface area contributed by atoms with Gasteiger partial charge in [0.2, 0.25) is 0 Å². The van der Waals surface area contributed by atoms with E-state index < -0.39 is 0 Å². The van der Waals surface area contributed by atoms with Gasteiger partial charge in [-0.2, -0.15) is 0 Å². The van der Waals surface area contributed by atoms with Crippen LogP contribution in [0.1, 0.15) is 54.0 Å². The smallest absolute Gasteiger partial charge is 0.165 e.